The number of carbonyl (C=O) groups is 1. The number of carbonyl (C=O) groups excluding carboxylic acids is 1. The molecule has 0 saturated carbocycles. The van der Waals surface area contributed by atoms with E-state index >= 15 is 0 Å². The van der Waals surface area contributed by atoms with Gasteiger partial charge < -0.3 is 19.7 Å². The van der Waals surface area contributed by atoms with Gasteiger partial charge >= 0.3 is 6.03 Å². The monoisotopic (exact) mass is 348 g/mol. The van der Waals surface area contributed by atoms with E-state index in [0.29, 0.717) is 18.1 Å². The Bertz CT molecular complexity index is 666. The molecule has 0 aliphatic rings. The Balaban J connectivity index is 1.94. The van der Waals surface area contributed by atoms with Crippen LogP contribution in [0.2, 0.25) is 5.02 Å². The minimum Gasteiger partial charge on any atom is -0.353 e. The van der Waals surface area contributed by atoms with Crippen molar-refractivity contribution < 1.29 is 4.79 Å². The van der Waals surface area contributed by atoms with Crippen LogP contribution >= 0.6 is 11.6 Å². The van der Waals surface area contributed by atoms with E-state index in [0.717, 1.165) is 11.3 Å². The molecule has 0 radical (unpaired) electrons. The van der Waals surface area contributed by atoms with Gasteiger partial charge in [-0.15, -0.1) is 0 Å². The molecule has 1 aromatic heterocycles. The molecule has 2 amide bonds. The van der Waals surface area contributed by atoms with Crippen molar-refractivity contribution in [1.29, 1.82) is 0 Å². The lowest BCUT2D eigenvalue weighted by Crippen LogP contribution is -2.41. The molecular formula is C18H25ClN4O. The minimum atomic E-state index is -0.0861. The smallest absolute Gasteiger partial charge is 0.317 e. The largest absolute Gasteiger partial charge is 0.353 e. The van der Waals surface area contributed by atoms with Crippen molar-refractivity contribution in [2.24, 2.45) is 7.05 Å². The van der Waals surface area contributed by atoms with Gasteiger partial charge in [0.2, 0.25) is 0 Å². The average Bonchev–Trinajstić information content (AvgIpc) is 2.93. The molecule has 6 heteroatoms. The quantitative estimate of drug-likeness (QED) is 0.871. The Hall–Kier alpha value is -1.98. The van der Waals surface area contributed by atoms with E-state index in [2.05, 4.69) is 10.2 Å². The molecule has 2 rings (SSSR count). The number of likely N-dealkylation sites (N-methyl/N-ethyl adjacent to an activating group) is 1. The Morgan fingerprint density at radius 2 is 1.88 bits per heavy atom. The van der Waals surface area contributed by atoms with E-state index in [1.165, 1.54) is 0 Å². The second-order valence-corrected chi connectivity index (χ2v) is 6.62. The molecule has 0 aliphatic heterocycles. The maximum absolute atomic E-state index is 12.4. The lowest BCUT2D eigenvalue weighted by Gasteiger charge is -2.26. The standard InChI is InChI=1S/C18H25ClN4O/c1-21(2)17(14-7-9-15(19)10-8-14)12-20-18(24)23(4)13-16-6-5-11-22(16)3/h5-11,17H,12-13H2,1-4H3,(H,20,24). The Kier molecular flexibility index (Phi) is 6.29. The summed E-state index contributed by atoms with van der Waals surface area (Å²) >= 11 is 5.95. The predicted molar refractivity (Wildman–Crippen MR) is 98.2 cm³/mol. The highest BCUT2D eigenvalue weighted by atomic mass is 35.5. The van der Waals surface area contributed by atoms with Crippen molar-refractivity contribution in [2.45, 2.75) is 12.6 Å². The molecule has 0 aliphatic carbocycles. The van der Waals surface area contributed by atoms with Gasteiger partial charge in [-0.2, -0.15) is 0 Å². The predicted octanol–water partition coefficient (Wildman–Crippen LogP) is 3.12. The zero-order valence-corrected chi connectivity index (χ0v) is 15.4. The molecule has 5 nitrogen and oxygen atoms in total. The Morgan fingerprint density at radius 3 is 2.42 bits per heavy atom. The van der Waals surface area contributed by atoms with Gasteiger partial charge in [0.1, 0.15) is 0 Å². The highest BCUT2D eigenvalue weighted by molar-refractivity contribution is 6.30. The number of hydrogen-bond donors (Lipinski definition) is 1. The average molecular weight is 349 g/mol. The molecule has 1 aromatic carbocycles. The molecule has 0 bridgehead atoms. The summed E-state index contributed by atoms with van der Waals surface area (Å²) in [6, 6.07) is 11.7. The number of aryl methyl sites for hydroxylation is 1. The normalized spacial score (nSPS) is 12.2. The molecular weight excluding hydrogens is 324 g/mol. The van der Waals surface area contributed by atoms with Gasteiger partial charge in [-0.3, -0.25) is 0 Å². The number of benzene rings is 1. The molecule has 1 heterocycles. The Labute approximate surface area is 148 Å². The molecule has 1 unspecified atom stereocenters. The van der Waals surface area contributed by atoms with Crippen molar-refractivity contribution in [3.8, 4) is 0 Å². The number of nitrogens with zero attached hydrogens (tertiary/aromatic N) is 3. The van der Waals surface area contributed by atoms with Crippen LogP contribution in [0.5, 0.6) is 0 Å². The molecule has 2 aromatic rings. The van der Waals surface area contributed by atoms with E-state index < -0.39 is 0 Å². The summed E-state index contributed by atoms with van der Waals surface area (Å²) in [5.74, 6) is 0. The van der Waals surface area contributed by atoms with E-state index in [4.69, 9.17) is 11.6 Å². The lowest BCUT2D eigenvalue weighted by molar-refractivity contribution is 0.200. The second-order valence-electron chi connectivity index (χ2n) is 6.18. The number of hydrogen-bond acceptors (Lipinski definition) is 2. The van der Waals surface area contributed by atoms with Crippen molar-refractivity contribution in [1.82, 2.24) is 19.7 Å². The third-order valence-electron chi connectivity index (χ3n) is 4.12. The molecule has 24 heavy (non-hydrogen) atoms. The minimum absolute atomic E-state index is 0.0861. The molecule has 1 N–H and O–H groups in total. The Morgan fingerprint density at radius 1 is 1.21 bits per heavy atom. The first-order valence-electron chi connectivity index (χ1n) is 7.89. The number of rotatable bonds is 6. The van der Waals surface area contributed by atoms with Crippen molar-refractivity contribution >= 4 is 17.6 Å². The van der Waals surface area contributed by atoms with Gasteiger partial charge in [-0.05, 0) is 43.9 Å². The molecule has 0 fully saturated rings. The number of amides is 2. The van der Waals surface area contributed by atoms with Crippen LogP contribution in [-0.2, 0) is 13.6 Å². The topological polar surface area (TPSA) is 40.5 Å². The molecule has 0 saturated heterocycles. The SMILES string of the molecule is CN(Cc1cccn1C)C(=O)NCC(c1ccc(Cl)cc1)N(C)C. The van der Waals surface area contributed by atoms with Crippen molar-refractivity contribution in [3.63, 3.8) is 0 Å². The van der Waals surface area contributed by atoms with Gasteiger partial charge in [0, 0.05) is 37.6 Å². The summed E-state index contributed by atoms with van der Waals surface area (Å²) in [6.45, 7) is 1.11. The third kappa shape index (κ3) is 4.76. The van der Waals surface area contributed by atoms with Crippen LogP contribution in [0, 0.1) is 0 Å². The van der Waals surface area contributed by atoms with E-state index in [1.807, 2.05) is 68.3 Å². The van der Waals surface area contributed by atoms with Crippen LogP contribution in [0.4, 0.5) is 4.79 Å². The summed E-state index contributed by atoms with van der Waals surface area (Å²) in [6.07, 6.45) is 1.98. The second kappa shape index (κ2) is 8.22. The van der Waals surface area contributed by atoms with Crippen LogP contribution < -0.4 is 5.32 Å². The van der Waals surface area contributed by atoms with E-state index in [9.17, 15) is 4.79 Å². The zero-order valence-electron chi connectivity index (χ0n) is 14.7. The van der Waals surface area contributed by atoms with Gasteiger partial charge in [0.15, 0.2) is 0 Å². The van der Waals surface area contributed by atoms with Gasteiger partial charge in [-0.25, -0.2) is 4.79 Å². The van der Waals surface area contributed by atoms with Crippen molar-refractivity contribution in [2.75, 3.05) is 27.7 Å². The first kappa shape index (κ1) is 18.4. The molecule has 130 valence electrons. The maximum Gasteiger partial charge on any atom is 0.317 e. The fraction of sp³-hybridized carbons (Fsp3) is 0.389. The highest BCUT2D eigenvalue weighted by Crippen LogP contribution is 2.19. The van der Waals surface area contributed by atoms with Gasteiger partial charge in [0.25, 0.3) is 0 Å². The number of halogens is 1. The summed E-state index contributed by atoms with van der Waals surface area (Å²) < 4.78 is 2.01. The van der Waals surface area contributed by atoms with Crippen LogP contribution in [0.3, 0.4) is 0 Å². The van der Waals surface area contributed by atoms with E-state index in [1.54, 1.807) is 11.9 Å². The highest BCUT2D eigenvalue weighted by Gasteiger charge is 2.17. The summed E-state index contributed by atoms with van der Waals surface area (Å²) in [4.78, 5) is 16.1. The molecule has 1 atom stereocenters. The summed E-state index contributed by atoms with van der Waals surface area (Å²) in [7, 11) is 7.78. The van der Waals surface area contributed by atoms with E-state index in [-0.39, 0.29) is 12.1 Å². The first-order valence-corrected chi connectivity index (χ1v) is 8.27. The van der Waals surface area contributed by atoms with Gasteiger partial charge in [0.05, 0.1) is 12.6 Å². The zero-order chi connectivity index (χ0) is 17.7. The third-order valence-corrected chi connectivity index (χ3v) is 4.37. The van der Waals surface area contributed by atoms with Crippen LogP contribution in [0.15, 0.2) is 42.6 Å². The van der Waals surface area contributed by atoms with Crippen LogP contribution in [-0.4, -0.2) is 48.1 Å². The fourth-order valence-electron chi connectivity index (χ4n) is 2.58. The number of aromatic nitrogens is 1. The van der Waals surface area contributed by atoms with Crippen LogP contribution in [0.25, 0.3) is 0 Å². The van der Waals surface area contributed by atoms with Gasteiger partial charge in [-0.1, -0.05) is 23.7 Å². The summed E-state index contributed by atoms with van der Waals surface area (Å²) in [5.41, 5.74) is 2.21. The lowest BCUT2D eigenvalue weighted by atomic mass is 10.1. The van der Waals surface area contributed by atoms with Crippen LogP contribution in [0.1, 0.15) is 17.3 Å². The number of urea groups is 1. The number of nitrogens with one attached hydrogen (secondary N) is 1. The first-order chi connectivity index (χ1) is 11.4. The van der Waals surface area contributed by atoms with Crippen molar-refractivity contribution in [3.05, 3.63) is 58.9 Å². The molecule has 0 spiro atoms. The maximum atomic E-state index is 12.4. The fourth-order valence-corrected chi connectivity index (χ4v) is 2.70. The summed E-state index contributed by atoms with van der Waals surface area (Å²) in [5, 5.41) is 3.72.